The van der Waals surface area contributed by atoms with Crippen molar-refractivity contribution in [3.63, 3.8) is 0 Å². The maximum Gasteiger partial charge on any atom is 0.206 e. The van der Waals surface area contributed by atoms with Gasteiger partial charge in [-0.25, -0.2) is 0 Å². The van der Waals surface area contributed by atoms with Crippen LogP contribution in [0, 0.1) is 5.92 Å². The van der Waals surface area contributed by atoms with E-state index in [1.54, 1.807) is 11.3 Å². The van der Waals surface area contributed by atoms with E-state index in [2.05, 4.69) is 43.2 Å². The Hall–Kier alpha value is 0.190. The van der Waals surface area contributed by atoms with Crippen molar-refractivity contribution in [1.29, 1.82) is 0 Å². The average Bonchev–Trinajstić information content (AvgIpc) is 2.63. The lowest BCUT2D eigenvalue weighted by Gasteiger charge is -2.20. The smallest absolute Gasteiger partial charge is 0.206 e. The van der Waals surface area contributed by atoms with Crippen molar-refractivity contribution < 1.29 is 0 Å². The molecule has 0 aliphatic carbocycles. The molecular weight excluding hydrogens is 282 g/mol. The molecule has 2 rings (SSSR count). The average molecular weight is 294 g/mol. The summed E-state index contributed by atoms with van der Waals surface area (Å²) < 4.78 is 0.845. The molecule has 1 aliphatic rings. The monoisotopic (exact) mass is 293 g/mol. The first-order valence-electron chi connectivity index (χ1n) is 4.65. The Labute approximate surface area is 100 Å². The van der Waals surface area contributed by atoms with Gasteiger partial charge in [-0.2, -0.15) is 11.8 Å². The van der Waals surface area contributed by atoms with Crippen LogP contribution in [0.3, 0.4) is 0 Å². The minimum absolute atomic E-state index is 0.802. The number of thioether (sulfide) groups is 1. The van der Waals surface area contributed by atoms with E-state index < -0.39 is 0 Å². The van der Waals surface area contributed by atoms with Crippen molar-refractivity contribution in [2.45, 2.75) is 12.8 Å². The summed E-state index contributed by atoms with van der Waals surface area (Å²) in [5.74, 6) is 3.42. The van der Waals surface area contributed by atoms with Crippen molar-refractivity contribution in [2.75, 3.05) is 23.4 Å². The summed E-state index contributed by atoms with van der Waals surface area (Å²) in [6.07, 6.45) is 2.71. The summed E-state index contributed by atoms with van der Waals surface area (Å²) in [6.45, 7) is 1.04. The molecule has 0 spiro atoms. The number of nitrogens with zero attached hydrogens (tertiary/aromatic N) is 2. The van der Waals surface area contributed by atoms with E-state index >= 15 is 0 Å². The molecule has 3 nitrogen and oxygen atoms in total. The number of hydrogen-bond donors (Lipinski definition) is 1. The highest BCUT2D eigenvalue weighted by molar-refractivity contribution is 9.11. The maximum absolute atomic E-state index is 4.00. The summed E-state index contributed by atoms with van der Waals surface area (Å²) in [4.78, 5) is 0. The second kappa shape index (κ2) is 5.32. The third-order valence-corrected chi connectivity index (χ3v) is 4.79. The Morgan fingerprint density at radius 2 is 2.43 bits per heavy atom. The highest BCUT2D eigenvalue weighted by Crippen LogP contribution is 2.24. The zero-order valence-corrected chi connectivity index (χ0v) is 10.9. The van der Waals surface area contributed by atoms with Crippen LogP contribution in [0.15, 0.2) is 3.92 Å². The Kier molecular flexibility index (Phi) is 4.07. The van der Waals surface area contributed by atoms with E-state index in [0.717, 1.165) is 21.5 Å². The molecular formula is C8H12BrN3S2. The van der Waals surface area contributed by atoms with Crippen LogP contribution in [0.2, 0.25) is 0 Å². The van der Waals surface area contributed by atoms with Gasteiger partial charge in [0.25, 0.3) is 0 Å². The molecule has 2 heterocycles. The van der Waals surface area contributed by atoms with Crippen LogP contribution in [-0.4, -0.2) is 28.2 Å². The van der Waals surface area contributed by atoms with Crippen LogP contribution < -0.4 is 5.32 Å². The van der Waals surface area contributed by atoms with Gasteiger partial charge >= 0.3 is 0 Å². The first-order valence-corrected chi connectivity index (χ1v) is 7.41. The lowest BCUT2D eigenvalue weighted by atomic mass is 10.1. The van der Waals surface area contributed by atoms with Gasteiger partial charge in [0.15, 0.2) is 3.92 Å². The summed E-state index contributed by atoms with van der Waals surface area (Å²) in [5.41, 5.74) is 0. The maximum atomic E-state index is 4.00. The van der Waals surface area contributed by atoms with Gasteiger partial charge in [0.2, 0.25) is 5.13 Å². The Morgan fingerprint density at radius 3 is 3.07 bits per heavy atom. The SMILES string of the molecule is Brc1nnc(NCC2CCCSC2)s1. The molecule has 0 bridgehead atoms. The molecule has 1 fully saturated rings. The molecule has 78 valence electrons. The highest BCUT2D eigenvalue weighted by Gasteiger charge is 2.13. The largest absolute Gasteiger partial charge is 0.360 e. The highest BCUT2D eigenvalue weighted by atomic mass is 79.9. The Balaban J connectivity index is 1.76. The minimum atomic E-state index is 0.802. The molecule has 1 aliphatic heterocycles. The topological polar surface area (TPSA) is 37.8 Å². The van der Waals surface area contributed by atoms with E-state index in [0.29, 0.717) is 0 Å². The van der Waals surface area contributed by atoms with Gasteiger partial charge in [0.1, 0.15) is 0 Å². The summed E-state index contributed by atoms with van der Waals surface area (Å²) in [7, 11) is 0. The minimum Gasteiger partial charge on any atom is -0.360 e. The van der Waals surface area contributed by atoms with Crippen molar-refractivity contribution >= 4 is 44.2 Å². The Bertz CT molecular complexity index is 286. The molecule has 0 amide bonds. The molecule has 1 N–H and O–H groups in total. The predicted octanol–water partition coefficient (Wildman–Crippen LogP) is 2.86. The van der Waals surface area contributed by atoms with Gasteiger partial charge in [0, 0.05) is 6.54 Å². The number of aromatic nitrogens is 2. The molecule has 1 aromatic heterocycles. The number of halogens is 1. The van der Waals surface area contributed by atoms with Crippen LogP contribution in [0.1, 0.15) is 12.8 Å². The third kappa shape index (κ3) is 3.10. The van der Waals surface area contributed by atoms with Crippen LogP contribution >= 0.6 is 39.0 Å². The molecule has 1 unspecified atom stereocenters. The van der Waals surface area contributed by atoms with Crippen molar-refractivity contribution in [2.24, 2.45) is 5.92 Å². The first-order chi connectivity index (χ1) is 6.84. The quantitative estimate of drug-likeness (QED) is 0.930. The standard InChI is InChI=1S/C8H12BrN3S2/c9-7-11-12-8(14-7)10-4-6-2-1-3-13-5-6/h6H,1-5H2,(H,10,12). The fourth-order valence-electron chi connectivity index (χ4n) is 1.48. The molecule has 6 heteroatoms. The van der Waals surface area contributed by atoms with Gasteiger partial charge in [-0.15, -0.1) is 10.2 Å². The van der Waals surface area contributed by atoms with Gasteiger partial charge in [-0.1, -0.05) is 11.3 Å². The second-order valence-electron chi connectivity index (χ2n) is 3.32. The van der Waals surface area contributed by atoms with Crippen LogP contribution in [0.25, 0.3) is 0 Å². The third-order valence-electron chi connectivity index (χ3n) is 2.20. The molecule has 0 radical (unpaired) electrons. The molecule has 1 saturated heterocycles. The zero-order valence-electron chi connectivity index (χ0n) is 7.70. The van der Waals surface area contributed by atoms with Gasteiger partial charge in [-0.05, 0) is 46.2 Å². The van der Waals surface area contributed by atoms with Crippen molar-refractivity contribution in [1.82, 2.24) is 10.2 Å². The van der Waals surface area contributed by atoms with Gasteiger partial charge in [-0.3, -0.25) is 0 Å². The lowest BCUT2D eigenvalue weighted by molar-refractivity contribution is 0.548. The number of hydrogen-bond acceptors (Lipinski definition) is 5. The fraction of sp³-hybridized carbons (Fsp3) is 0.750. The van der Waals surface area contributed by atoms with Crippen LogP contribution in [0.5, 0.6) is 0 Å². The lowest BCUT2D eigenvalue weighted by Crippen LogP contribution is -2.19. The summed E-state index contributed by atoms with van der Waals surface area (Å²) in [5, 5.41) is 12.2. The fourth-order valence-corrected chi connectivity index (χ4v) is 3.65. The zero-order chi connectivity index (χ0) is 9.80. The van der Waals surface area contributed by atoms with Gasteiger partial charge in [0.05, 0.1) is 0 Å². The summed E-state index contributed by atoms with van der Waals surface area (Å²) >= 11 is 6.91. The molecule has 0 aromatic carbocycles. The number of rotatable bonds is 3. The van der Waals surface area contributed by atoms with Crippen molar-refractivity contribution in [3.8, 4) is 0 Å². The van der Waals surface area contributed by atoms with E-state index in [9.17, 15) is 0 Å². The van der Waals surface area contributed by atoms with E-state index in [-0.39, 0.29) is 0 Å². The van der Waals surface area contributed by atoms with Crippen molar-refractivity contribution in [3.05, 3.63) is 3.92 Å². The van der Waals surface area contributed by atoms with Crippen LogP contribution in [-0.2, 0) is 0 Å². The van der Waals surface area contributed by atoms with E-state index in [4.69, 9.17) is 0 Å². The molecule has 1 aromatic rings. The normalized spacial score (nSPS) is 22.2. The van der Waals surface area contributed by atoms with E-state index in [1.807, 2.05) is 0 Å². The summed E-state index contributed by atoms with van der Waals surface area (Å²) in [6, 6.07) is 0. The Morgan fingerprint density at radius 1 is 1.50 bits per heavy atom. The van der Waals surface area contributed by atoms with E-state index in [1.165, 1.54) is 24.3 Å². The van der Waals surface area contributed by atoms with Gasteiger partial charge < -0.3 is 5.32 Å². The molecule has 14 heavy (non-hydrogen) atoms. The number of nitrogens with one attached hydrogen (secondary N) is 1. The number of anilines is 1. The second-order valence-corrected chi connectivity index (χ2v) is 6.73. The van der Waals surface area contributed by atoms with Crippen LogP contribution in [0.4, 0.5) is 5.13 Å². The predicted molar refractivity (Wildman–Crippen MR) is 66.1 cm³/mol. The molecule has 0 saturated carbocycles. The first kappa shape index (κ1) is 10.7. The molecule has 1 atom stereocenters.